The standard InChI is InChI=1S/C14H22N2/c1-10(2)14(8-15)16-9-12-7-11-5-3-4-6-13(11)12/h3-6,10,12,14,16H,7-9,15H2,1-2H3. The fourth-order valence-electron chi connectivity index (χ4n) is 2.43. The molecule has 0 aromatic heterocycles. The van der Waals surface area contributed by atoms with E-state index >= 15 is 0 Å². The molecule has 1 aliphatic rings. The molecule has 0 bridgehead atoms. The Morgan fingerprint density at radius 1 is 1.38 bits per heavy atom. The van der Waals surface area contributed by atoms with Gasteiger partial charge in [0.2, 0.25) is 0 Å². The predicted octanol–water partition coefficient (Wildman–Crippen LogP) is 1.90. The van der Waals surface area contributed by atoms with Crippen molar-refractivity contribution in [3.8, 4) is 0 Å². The van der Waals surface area contributed by atoms with E-state index in [9.17, 15) is 0 Å². The highest BCUT2D eigenvalue weighted by atomic mass is 14.9. The summed E-state index contributed by atoms with van der Waals surface area (Å²) < 4.78 is 0. The predicted molar refractivity (Wildman–Crippen MR) is 68.6 cm³/mol. The van der Waals surface area contributed by atoms with Crippen molar-refractivity contribution in [2.75, 3.05) is 13.1 Å². The first-order valence-electron chi connectivity index (χ1n) is 6.23. The van der Waals surface area contributed by atoms with Gasteiger partial charge in [0.05, 0.1) is 0 Å². The maximum atomic E-state index is 5.75. The number of fused-ring (bicyclic) bond motifs is 1. The zero-order valence-electron chi connectivity index (χ0n) is 10.2. The Kier molecular flexibility index (Phi) is 3.62. The van der Waals surface area contributed by atoms with Crippen LogP contribution in [0.2, 0.25) is 0 Å². The van der Waals surface area contributed by atoms with Crippen LogP contribution in [0.1, 0.15) is 30.9 Å². The molecule has 0 amide bonds. The molecule has 2 atom stereocenters. The van der Waals surface area contributed by atoms with E-state index in [0.717, 1.165) is 13.1 Å². The number of hydrogen-bond donors (Lipinski definition) is 2. The molecule has 1 aromatic carbocycles. The number of nitrogens with one attached hydrogen (secondary N) is 1. The molecule has 0 spiro atoms. The second kappa shape index (κ2) is 4.98. The molecule has 0 saturated heterocycles. The fourth-order valence-corrected chi connectivity index (χ4v) is 2.43. The topological polar surface area (TPSA) is 38.0 Å². The van der Waals surface area contributed by atoms with Crippen LogP contribution in [0.5, 0.6) is 0 Å². The fraction of sp³-hybridized carbons (Fsp3) is 0.571. The van der Waals surface area contributed by atoms with E-state index in [1.54, 1.807) is 0 Å². The quantitative estimate of drug-likeness (QED) is 0.792. The third-order valence-corrected chi connectivity index (χ3v) is 3.65. The molecular formula is C14H22N2. The largest absolute Gasteiger partial charge is 0.329 e. The maximum Gasteiger partial charge on any atom is 0.0213 e. The summed E-state index contributed by atoms with van der Waals surface area (Å²) in [5.74, 6) is 1.31. The van der Waals surface area contributed by atoms with E-state index in [2.05, 4.69) is 43.4 Å². The van der Waals surface area contributed by atoms with Crippen LogP contribution in [0.25, 0.3) is 0 Å². The minimum absolute atomic E-state index is 0.452. The van der Waals surface area contributed by atoms with Gasteiger partial charge in [0.25, 0.3) is 0 Å². The smallest absolute Gasteiger partial charge is 0.0213 e. The Bertz CT molecular complexity index is 346. The number of rotatable bonds is 5. The van der Waals surface area contributed by atoms with Gasteiger partial charge in [0.15, 0.2) is 0 Å². The maximum absolute atomic E-state index is 5.75. The van der Waals surface area contributed by atoms with Gasteiger partial charge in [-0.2, -0.15) is 0 Å². The lowest BCUT2D eigenvalue weighted by Crippen LogP contribution is -2.43. The zero-order chi connectivity index (χ0) is 11.5. The first-order valence-corrected chi connectivity index (χ1v) is 6.23. The summed E-state index contributed by atoms with van der Waals surface area (Å²) >= 11 is 0. The van der Waals surface area contributed by atoms with E-state index in [4.69, 9.17) is 5.73 Å². The van der Waals surface area contributed by atoms with Gasteiger partial charge >= 0.3 is 0 Å². The van der Waals surface area contributed by atoms with Crippen molar-refractivity contribution in [3.63, 3.8) is 0 Å². The van der Waals surface area contributed by atoms with Crippen LogP contribution in [0, 0.1) is 5.92 Å². The van der Waals surface area contributed by atoms with Crippen molar-refractivity contribution in [2.24, 2.45) is 11.7 Å². The highest BCUT2D eigenvalue weighted by molar-refractivity contribution is 5.40. The average Bonchev–Trinajstić information content (AvgIpc) is 2.24. The molecule has 0 fully saturated rings. The average molecular weight is 218 g/mol. The molecule has 16 heavy (non-hydrogen) atoms. The van der Waals surface area contributed by atoms with E-state index in [1.807, 2.05) is 0 Å². The minimum atomic E-state index is 0.452. The summed E-state index contributed by atoms with van der Waals surface area (Å²) in [5.41, 5.74) is 8.79. The summed E-state index contributed by atoms with van der Waals surface area (Å²) in [6.07, 6.45) is 1.22. The van der Waals surface area contributed by atoms with E-state index < -0.39 is 0 Å². The van der Waals surface area contributed by atoms with Crippen LogP contribution in [0.4, 0.5) is 0 Å². The molecule has 0 saturated carbocycles. The highest BCUT2D eigenvalue weighted by Crippen LogP contribution is 2.34. The van der Waals surface area contributed by atoms with Crippen LogP contribution >= 0.6 is 0 Å². The van der Waals surface area contributed by atoms with Crippen LogP contribution in [-0.2, 0) is 6.42 Å². The summed E-state index contributed by atoms with van der Waals surface area (Å²) in [7, 11) is 0. The normalized spacial score (nSPS) is 20.4. The number of hydrogen-bond acceptors (Lipinski definition) is 2. The molecule has 0 heterocycles. The lowest BCUT2D eigenvalue weighted by atomic mass is 9.77. The summed E-state index contributed by atoms with van der Waals surface area (Å²) in [6.45, 7) is 6.24. The lowest BCUT2D eigenvalue weighted by Gasteiger charge is -2.32. The molecule has 88 valence electrons. The van der Waals surface area contributed by atoms with Gasteiger partial charge in [-0.15, -0.1) is 0 Å². The number of nitrogens with two attached hydrogens (primary N) is 1. The third kappa shape index (κ3) is 2.28. The van der Waals surface area contributed by atoms with Crippen LogP contribution in [-0.4, -0.2) is 19.1 Å². The second-order valence-electron chi connectivity index (χ2n) is 5.09. The van der Waals surface area contributed by atoms with Crippen molar-refractivity contribution >= 4 is 0 Å². The lowest BCUT2D eigenvalue weighted by molar-refractivity contribution is 0.384. The van der Waals surface area contributed by atoms with Gasteiger partial charge in [0, 0.05) is 25.0 Å². The van der Waals surface area contributed by atoms with E-state index in [1.165, 1.54) is 17.5 Å². The van der Waals surface area contributed by atoms with Crippen LogP contribution < -0.4 is 11.1 Å². The molecule has 2 unspecified atom stereocenters. The van der Waals surface area contributed by atoms with Gasteiger partial charge in [0.1, 0.15) is 0 Å². The van der Waals surface area contributed by atoms with Gasteiger partial charge in [-0.25, -0.2) is 0 Å². The van der Waals surface area contributed by atoms with Crippen molar-refractivity contribution in [3.05, 3.63) is 35.4 Å². The Balaban J connectivity index is 1.85. The van der Waals surface area contributed by atoms with Crippen molar-refractivity contribution in [1.82, 2.24) is 5.32 Å². The van der Waals surface area contributed by atoms with Gasteiger partial charge in [-0.3, -0.25) is 0 Å². The molecule has 1 aromatic rings. The molecular weight excluding hydrogens is 196 g/mol. The van der Waals surface area contributed by atoms with Crippen molar-refractivity contribution in [1.29, 1.82) is 0 Å². The first-order chi connectivity index (χ1) is 7.72. The zero-order valence-corrected chi connectivity index (χ0v) is 10.2. The van der Waals surface area contributed by atoms with Crippen molar-refractivity contribution < 1.29 is 0 Å². The molecule has 2 nitrogen and oxygen atoms in total. The Morgan fingerprint density at radius 2 is 2.12 bits per heavy atom. The Morgan fingerprint density at radius 3 is 2.75 bits per heavy atom. The summed E-state index contributed by atoms with van der Waals surface area (Å²) in [4.78, 5) is 0. The van der Waals surface area contributed by atoms with Gasteiger partial charge in [-0.05, 0) is 23.5 Å². The molecule has 0 radical (unpaired) electrons. The first kappa shape index (κ1) is 11.6. The van der Waals surface area contributed by atoms with Crippen LogP contribution in [0.3, 0.4) is 0 Å². The number of benzene rings is 1. The third-order valence-electron chi connectivity index (χ3n) is 3.65. The summed E-state index contributed by atoms with van der Waals surface area (Å²) in [5, 5.41) is 3.59. The molecule has 2 heteroatoms. The second-order valence-corrected chi connectivity index (χ2v) is 5.09. The van der Waals surface area contributed by atoms with Crippen LogP contribution in [0.15, 0.2) is 24.3 Å². The molecule has 0 aliphatic heterocycles. The minimum Gasteiger partial charge on any atom is -0.329 e. The highest BCUT2D eigenvalue weighted by Gasteiger charge is 2.25. The van der Waals surface area contributed by atoms with Crippen molar-refractivity contribution in [2.45, 2.75) is 32.2 Å². The summed E-state index contributed by atoms with van der Waals surface area (Å²) in [6, 6.07) is 9.19. The Hall–Kier alpha value is -0.860. The monoisotopic (exact) mass is 218 g/mol. The Labute approximate surface area is 98.2 Å². The van der Waals surface area contributed by atoms with Gasteiger partial charge in [-0.1, -0.05) is 38.1 Å². The van der Waals surface area contributed by atoms with E-state index in [-0.39, 0.29) is 0 Å². The van der Waals surface area contributed by atoms with Gasteiger partial charge < -0.3 is 11.1 Å². The molecule has 3 N–H and O–H groups in total. The molecule has 1 aliphatic carbocycles. The molecule has 2 rings (SSSR count). The van der Waals surface area contributed by atoms with E-state index in [0.29, 0.717) is 17.9 Å². The SMILES string of the molecule is CC(C)C(CN)NCC1Cc2ccccc21.